The third kappa shape index (κ3) is 4.31. The Morgan fingerprint density at radius 1 is 1.03 bits per heavy atom. The SMILES string of the molecule is Cc1c(C(=O)N[C@@H]2CCC[C@@H](C)[C@@H]2C)sc2ncnc(N3CCN(c4ccccc4)CC3)c12. The molecule has 1 amide bonds. The Kier molecular flexibility index (Phi) is 6.23. The van der Waals surface area contributed by atoms with Gasteiger partial charge in [0.05, 0.1) is 10.3 Å². The van der Waals surface area contributed by atoms with Crippen molar-refractivity contribution in [3.63, 3.8) is 0 Å². The molecule has 0 radical (unpaired) electrons. The van der Waals surface area contributed by atoms with E-state index in [1.54, 1.807) is 6.33 Å². The monoisotopic (exact) mass is 463 g/mol. The number of amides is 1. The summed E-state index contributed by atoms with van der Waals surface area (Å²) in [5.41, 5.74) is 2.27. The van der Waals surface area contributed by atoms with E-state index < -0.39 is 0 Å². The molecule has 3 heterocycles. The molecule has 6 nitrogen and oxygen atoms in total. The molecule has 2 fully saturated rings. The summed E-state index contributed by atoms with van der Waals surface area (Å²) in [6.45, 7) is 10.3. The van der Waals surface area contributed by atoms with Crippen molar-refractivity contribution in [3.8, 4) is 0 Å². The summed E-state index contributed by atoms with van der Waals surface area (Å²) in [6, 6.07) is 10.8. The largest absolute Gasteiger partial charge is 0.368 e. The molecular weight excluding hydrogens is 430 g/mol. The number of hydrogen-bond acceptors (Lipinski definition) is 6. The van der Waals surface area contributed by atoms with Gasteiger partial charge in [0.2, 0.25) is 0 Å². The minimum absolute atomic E-state index is 0.0429. The van der Waals surface area contributed by atoms with Gasteiger partial charge in [0.15, 0.2) is 0 Å². The highest BCUT2D eigenvalue weighted by Crippen LogP contribution is 2.36. The van der Waals surface area contributed by atoms with E-state index in [-0.39, 0.29) is 11.9 Å². The first-order chi connectivity index (χ1) is 16.0. The van der Waals surface area contributed by atoms with E-state index in [2.05, 4.69) is 69.3 Å². The number of para-hydroxylation sites is 1. The number of benzene rings is 1. The van der Waals surface area contributed by atoms with Gasteiger partial charge < -0.3 is 15.1 Å². The highest BCUT2D eigenvalue weighted by molar-refractivity contribution is 7.20. The van der Waals surface area contributed by atoms with Crippen LogP contribution in [0.25, 0.3) is 10.2 Å². The van der Waals surface area contributed by atoms with Gasteiger partial charge in [-0.05, 0) is 42.9 Å². The molecule has 1 aromatic carbocycles. The lowest BCUT2D eigenvalue weighted by atomic mass is 9.78. The molecule has 174 valence electrons. The number of rotatable bonds is 4. The summed E-state index contributed by atoms with van der Waals surface area (Å²) in [4.78, 5) is 28.9. The molecule has 0 spiro atoms. The van der Waals surface area contributed by atoms with Crippen LogP contribution < -0.4 is 15.1 Å². The van der Waals surface area contributed by atoms with Gasteiger partial charge in [-0.1, -0.05) is 44.9 Å². The Balaban J connectivity index is 1.36. The number of nitrogens with zero attached hydrogens (tertiary/aromatic N) is 4. The third-order valence-corrected chi connectivity index (χ3v) is 8.84. The van der Waals surface area contributed by atoms with E-state index in [4.69, 9.17) is 0 Å². The van der Waals surface area contributed by atoms with Crippen LogP contribution in [-0.2, 0) is 0 Å². The number of thiophene rings is 1. The molecule has 2 aliphatic rings. The van der Waals surface area contributed by atoms with Gasteiger partial charge in [0.1, 0.15) is 17.0 Å². The van der Waals surface area contributed by atoms with Crippen molar-refractivity contribution in [2.75, 3.05) is 36.0 Å². The Morgan fingerprint density at radius 2 is 1.76 bits per heavy atom. The zero-order chi connectivity index (χ0) is 22.9. The highest BCUT2D eigenvalue weighted by atomic mass is 32.1. The molecule has 1 saturated carbocycles. The molecule has 3 atom stereocenters. The van der Waals surface area contributed by atoms with Crippen molar-refractivity contribution >= 4 is 39.0 Å². The summed E-state index contributed by atoms with van der Waals surface area (Å²) < 4.78 is 0. The average molecular weight is 464 g/mol. The molecule has 1 saturated heterocycles. The van der Waals surface area contributed by atoms with Crippen molar-refractivity contribution in [1.29, 1.82) is 0 Å². The minimum atomic E-state index is 0.0429. The zero-order valence-corrected chi connectivity index (χ0v) is 20.6. The van der Waals surface area contributed by atoms with Crippen LogP contribution in [0.15, 0.2) is 36.7 Å². The Hall–Kier alpha value is -2.67. The first-order valence-electron chi connectivity index (χ1n) is 12.1. The summed E-state index contributed by atoms with van der Waals surface area (Å²) in [7, 11) is 0. The van der Waals surface area contributed by atoms with Gasteiger partial charge in [-0.2, -0.15) is 0 Å². The number of hydrogen-bond donors (Lipinski definition) is 1. The molecule has 1 aliphatic carbocycles. The normalized spacial score (nSPS) is 23.7. The van der Waals surface area contributed by atoms with Crippen molar-refractivity contribution in [2.45, 2.75) is 46.1 Å². The maximum atomic E-state index is 13.3. The van der Waals surface area contributed by atoms with Gasteiger partial charge in [0, 0.05) is 37.9 Å². The van der Waals surface area contributed by atoms with Gasteiger partial charge in [0.25, 0.3) is 5.91 Å². The fraction of sp³-hybridized carbons (Fsp3) is 0.500. The fourth-order valence-corrected chi connectivity index (χ4v) is 6.39. The van der Waals surface area contributed by atoms with Crippen LogP contribution in [0.4, 0.5) is 11.5 Å². The zero-order valence-electron chi connectivity index (χ0n) is 19.8. The van der Waals surface area contributed by atoms with Crippen LogP contribution in [0.1, 0.15) is 48.3 Å². The molecule has 7 heteroatoms. The Labute approximate surface area is 200 Å². The second-order valence-corrected chi connectivity index (χ2v) is 10.6. The molecular formula is C26H33N5OS. The summed E-state index contributed by atoms with van der Waals surface area (Å²) in [5, 5.41) is 4.38. The molecule has 5 rings (SSSR count). The topological polar surface area (TPSA) is 61.4 Å². The second kappa shape index (κ2) is 9.29. The molecule has 3 aromatic rings. The fourth-order valence-electron chi connectivity index (χ4n) is 5.34. The molecule has 1 aliphatic heterocycles. The lowest BCUT2D eigenvalue weighted by Crippen LogP contribution is -2.46. The number of piperazine rings is 1. The van der Waals surface area contributed by atoms with Crippen LogP contribution in [0.3, 0.4) is 0 Å². The van der Waals surface area contributed by atoms with Crippen LogP contribution in [0, 0.1) is 18.8 Å². The van der Waals surface area contributed by atoms with E-state index in [0.29, 0.717) is 11.8 Å². The number of anilines is 2. The number of carbonyl (C=O) groups excluding carboxylic acids is 1. The molecule has 0 unspecified atom stereocenters. The quantitative estimate of drug-likeness (QED) is 0.597. The van der Waals surface area contributed by atoms with E-state index >= 15 is 0 Å². The van der Waals surface area contributed by atoms with Crippen LogP contribution in [0.2, 0.25) is 0 Å². The van der Waals surface area contributed by atoms with Gasteiger partial charge >= 0.3 is 0 Å². The van der Waals surface area contributed by atoms with E-state index in [1.165, 1.54) is 29.9 Å². The minimum Gasteiger partial charge on any atom is -0.368 e. The number of aromatic nitrogens is 2. The second-order valence-electron chi connectivity index (χ2n) is 9.59. The number of aryl methyl sites for hydroxylation is 1. The smallest absolute Gasteiger partial charge is 0.261 e. The maximum Gasteiger partial charge on any atom is 0.261 e. The van der Waals surface area contributed by atoms with Crippen molar-refractivity contribution < 1.29 is 4.79 Å². The predicted molar refractivity (Wildman–Crippen MR) is 136 cm³/mol. The van der Waals surface area contributed by atoms with Crippen LogP contribution in [0.5, 0.6) is 0 Å². The van der Waals surface area contributed by atoms with Gasteiger partial charge in [-0.15, -0.1) is 11.3 Å². The molecule has 0 bridgehead atoms. The van der Waals surface area contributed by atoms with Crippen molar-refractivity contribution in [1.82, 2.24) is 15.3 Å². The predicted octanol–water partition coefficient (Wildman–Crippen LogP) is 4.88. The average Bonchev–Trinajstić information content (AvgIpc) is 3.19. The lowest BCUT2D eigenvalue weighted by Gasteiger charge is -2.37. The molecule has 1 N–H and O–H groups in total. The van der Waals surface area contributed by atoms with E-state index in [9.17, 15) is 4.79 Å². The van der Waals surface area contributed by atoms with Crippen molar-refractivity contribution in [3.05, 3.63) is 47.1 Å². The summed E-state index contributed by atoms with van der Waals surface area (Å²) >= 11 is 1.50. The lowest BCUT2D eigenvalue weighted by molar-refractivity contribution is 0.0895. The van der Waals surface area contributed by atoms with Crippen LogP contribution in [-0.4, -0.2) is 48.1 Å². The number of carbonyl (C=O) groups is 1. The van der Waals surface area contributed by atoms with Crippen molar-refractivity contribution in [2.24, 2.45) is 11.8 Å². The Morgan fingerprint density at radius 3 is 2.52 bits per heavy atom. The summed E-state index contributed by atoms with van der Waals surface area (Å²) in [6.07, 6.45) is 5.15. The van der Waals surface area contributed by atoms with Gasteiger partial charge in [-0.3, -0.25) is 4.79 Å². The molecule has 33 heavy (non-hydrogen) atoms. The maximum absolute atomic E-state index is 13.3. The highest BCUT2D eigenvalue weighted by Gasteiger charge is 2.30. The van der Waals surface area contributed by atoms with E-state index in [0.717, 1.165) is 59.1 Å². The Bertz CT molecular complexity index is 1120. The summed E-state index contributed by atoms with van der Waals surface area (Å²) in [5.74, 6) is 2.16. The van der Waals surface area contributed by atoms with E-state index in [1.807, 2.05) is 6.92 Å². The molecule has 2 aromatic heterocycles. The first kappa shape index (κ1) is 22.1. The third-order valence-electron chi connectivity index (χ3n) is 7.64. The standard InChI is InChI=1S/C26H33N5OS/c1-17-8-7-11-21(18(17)2)29-25(32)23-19(3)22-24(27-16-28-26(22)33-23)31-14-12-30(13-15-31)20-9-5-4-6-10-20/h4-6,9-10,16-18,21H,7-8,11-15H2,1-3H3,(H,29,32)/t17-,18+,21-/m1/s1. The van der Waals surface area contributed by atoms with Gasteiger partial charge in [-0.25, -0.2) is 9.97 Å². The number of fused-ring (bicyclic) bond motifs is 1. The first-order valence-corrected chi connectivity index (χ1v) is 12.9. The van der Waals surface area contributed by atoms with Crippen LogP contribution >= 0.6 is 11.3 Å². The number of nitrogens with one attached hydrogen (secondary N) is 1.